The summed E-state index contributed by atoms with van der Waals surface area (Å²) in [6.07, 6.45) is 5.28. The maximum absolute atomic E-state index is 12.4. The van der Waals surface area contributed by atoms with Crippen LogP contribution in [0.15, 0.2) is 24.5 Å². The summed E-state index contributed by atoms with van der Waals surface area (Å²) in [7, 11) is 2.24. The molecule has 0 aliphatic carbocycles. The molecule has 121 valence electrons. The Kier molecular flexibility index (Phi) is 5.83. The topological polar surface area (TPSA) is 39.2 Å². The van der Waals surface area contributed by atoms with Crippen molar-refractivity contribution in [1.29, 1.82) is 0 Å². The van der Waals surface area contributed by atoms with Gasteiger partial charge in [0, 0.05) is 12.4 Å². The Morgan fingerprint density at radius 3 is 2.14 bits per heavy atom. The zero-order chi connectivity index (χ0) is 17.0. The first-order chi connectivity index (χ1) is 10.0. The predicted molar refractivity (Wildman–Crippen MR) is 92.1 cm³/mol. The maximum Gasteiger partial charge on any atom is 0.311 e. The van der Waals surface area contributed by atoms with Gasteiger partial charge < -0.3 is 4.74 Å². The molecular weight excluding hydrogens is 273 g/mol. The average Bonchev–Trinajstić information content (AvgIpc) is 2.44. The number of pyridine rings is 1. The van der Waals surface area contributed by atoms with E-state index >= 15 is 0 Å². The molecule has 1 heterocycles. The summed E-state index contributed by atoms with van der Waals surface area (Å²) < 4.78 is 5.54. The normalized spacial score (nSPS) is 15.0. The van der Waals surface area contributed by atoms with Crippen LogP contribution in [-0.4, -0.2) is 23.8 Å². The van der Waals surface area contributed by atoms with Crippen LogP contribution in [0.1, 0.15) is 60.5 Å². The van der Waals surface area contributed by atoms with Crippen LogP contribution in [0.4, 0.5) is 0 Å². The first-order valence-electron chi connectivity index (χ1n) is 7.98. The van der Waals surface area contributed by atoms with Crippen molar-refractivity contribution in [1.82, 2.24) is 4.98 Å². The zero-order valence-electron chi connectivity index (χ0n) is 15.1. The van der Waals surface area contributed by atoms with E-state index < -0.39 is 11.0 Å². The van der Waals surface area contributed by atoms with Gasteiger partial charge in [0.25, 0.3) is 0 Å². The summed E-state index contributed by atoms with van der Waals surface area (Å²) in [5.74, 6) is -0.149. The van der Waals surface area contributed by atoms with Gasteiger partial charge in [0.2, 0.25) is 0 Å². The Labute approximate surface area is 136 Å². The Morgan fingerprint density at radius 1 is 1.14 bits per heavy atom. The third-order valence-corrected chi connectivity index (χ3v) is 4.09. The number of hydrogen-bond acceptors (Lipinski definition) is 3. The molecule has 1 aromatic heterocycles. The molecule has 1 rings (SSSR count). The van der Waals surface area contributed by atoms with Gasteiger partial charge in [-0.05, 0) is 43.8 Å². The van der Waals surface area contributed by atoms with Crippen molar-refractivity contribution in [3.05, 3.63) is 30.1 Å². The summed E-state index contributed by atoms with van der Waals surface area (Å²) in [4.78, 5) is 16.5. The van der Waals surface area contributed by atoms with E-state index in [1.807, 2.05) is 59.1 Å². The SMILES string of the molecule is CCC(C)([B]CC(C)(C)C(=O)OC(C)(C)C)c1ccncc1. The standard InChI is InChI=1S/C18H29BNO2/c1-8-18(7,14-9-11-20-12-10-14)19-13-17(5,6)15(21)22-16(2,3)4/h9-12H,8,13H2,1-7H3. The molecule has 0 aliphatic rings. The summed E-state index contributed by atoms with van der Waals surface area (Å²) >= 11 is 0. The second kappa shape index (κ2) is 6.85. The van der Waals surface area contributed by atoms with Gasteiger partial charge in [-0.1, -0.05) is 40.4 Å². The largest absolute Gasteiger partial charge is 0.460 e. The molecule has 0 aromatic carbocycles. The van der Waals surface area contributed by atoms with E-state index in [1.165, 1.54) is 5.56 Å². The highest BCUT2D eigenvalue weighted by atomic mass is 16.6. The van der Waals surface area contributed by atoms with E-state index in [4.69, 9.17) is 4.74 Å². The number of esters is 1. The average molecular weight is 302 g/mol. The van der Waals surface area contributed by atoms with Crippen molar-refractivity contribution < 1.29 is 9.53 Å². The molecule has 1 unspecified atom stereocenters. The summed E-state index contributed by atoms with van der Waals surface area (Å²) in [6, 6.07) is 4.08. The van der Waals surface area contributed by atoms with Crippen LogP contribution in [0.5, 0.6) is 0 Å². The summed E-state index contributed by atoms with van der Waals surface area (Å²) in [6.45, 7) is 14.0. The van der Waals surface area contributed by atoms with Crippen molar-refractivity contribution >= 4 is 13.2 Å². The van der Waals surface area contributed by atoms with Crippen LogP contribution in [0, 0.1) is 5.41 Å². The molecule has 0 fully saturated rings. The highest BCUT2D eigenvalue weighted by Crippen LogP contribution is 2.32. The van der Waals surface area contributed by atoms with Crippen molar-refractivity contribution in [2.24, 2.45) is 5.41 Å². The van der Waals surface area contributed by atoms with Gasteiger partial charge >= 0.3 is 5.97 Å². The van der Waals surface area contributed by atoms with E-state index in [9.17, 15) is 4.79 Å². The second-order valence-electron chi connectivity index (χ2n) is 7.80. The third-order valence-electron chi connectivity index (χ3n) is 4.09. The minimum absolute atomic E-state index is 0.0672. The Hall–Kier alpha value is -1.32. The molecule has 22 heavy (non-hydrogen) atoms. The molecule has 1 aromatic rings. The van der Waals surface area contributed by atoms with Crippen molar-refractivity contribution in [3.8, 4) is 0 Å². The van der Waals surface area contributed by atoms with Gasteiger partial charge in [0.15, 0.2) is 0 Å². The van der Waals surface area contributed by atoms with E-state index in [1.54, 1.807) is 0 Å². The van der Waals surface area contributed by atoms with Crippen LogP contribution >= 0.6 is 0 Å². The minimum atomic E-state index is -0.531. The number of rotatable bonds is 6. The number of carbonyl (C=O) groups excluding carboxylic acids is 1. The number of nitrogens with zero attached hydrogens (tertiary/aromatic N) is 1. The van der Waals surface area contributed by atoms with E-state index in [2.05, 4.69) is 26.1 Å². The molecule has 0 amide bonds. The molecule has 0 saturated heterocycles. The third kappa shape index (κ3) is 5.15. The van der Waals surface area contributed by atoms with Crippen LogP contribution in [-0.2, 0) is 14.8 Å². The minimum Gasteiger partial charge on any atom is -0.460 e. The lowest BCUT2D eigenvalue weighted by Crippen LogP contribution is -2.38. The van der Waals surface area contributed by atoms with E-state index in [0.29, 0.717) is 6.32 Å². The van der Waals surface area contributed by atoms with Crippen LogP contribution in [0.2, 0.25) is 6.32 Å². The predicted octanol–water partition coefficient (Wildman–Crippen LogP) is 4.20. The first-order valence-corrected chi connectivity index (χ1v) is 7.98. The van der Waals surface area contributed by atoms with Gasteiger partial charge in [-0.25, -0.2) is 0 Å². The summed E-state index contributed by atoms with van der Waals surface area (Å²) in [5, 5.41) is -0.0672. The van der Waals surface area contributed by atoms with Crippen molar-refractivity contribution in [2.45, 2.75) is 72.1 Å². The van der Waals surface area contributed by atoms with Crippen LogP contribution in [0.25, 0.3) is 0 Å². The Bertz CT molecular complexity index is 494. The lowest BCUT2D eigenvalue weighted by Gasteiger charge is -2.33. The number of ether oxygens (including phenoxy) is 1. The zero-order valence-corrected chi connectivity index (χ0v) is 15.1. The molecule has 0 N–H and O–H groups in total. The smallest absolute Gasteiger partial charge is 0.311 e. The highest BCUT2D eigenvalue weighted by molar-refractivity contribution is 6.40. The molecule has 3 nitrogen and oxygen atoms in total. The lowest BCUT2D eigenvalue weighted by molar-refractivity contribution is -0.164. The number of hydrogen-bond donors (Lipinski definition) is 0. The summed E-state index contributed by atoms with van der Waals surface area (Å²) in [5.41, 5.74) is 0.245. The fourth-order valence-corrected chi connectivity index (χ4v) is 2.18. The van der Waals surface area contributed by atoms with E-state index in [-0.39, 0.29) is 11.3 Å². The molecule has 0 bridgehead atoms. The van der Waals surface area contributed by atoms with Gasteiger partial charge in [0.1, 0.15) is 12.9 Å². The van der Waals surface area contributed by atoms with E-state index in [0.717, 1.165) is 6.42 Å². The number of carbonyl (C=O) groups is 1. The molecule has 0 saturated carbocycles. The van der Waals surface area contributed by atoms with Crippen molar-refractivity contribution in [2.75, 3.05) is 0 Å². The van der Waals surface area contributed by atoms with Crippen molar-refractivity contribution in [3.63, 3.8) is 0 Å². The van der Waals surface area contributed by atoms with Gasteiger partial charge in [-0.3, -0.25) is 9.78 Å². The fourth-order valence-electron chi connectivity index (χ4n) is 2.18. The quantitative estimate of drug-likeness (QED) is 0.584. The van der Waals surface area contributed by atoms with Gasteiger partial charge in [-0.2, -0.15) is 0 Å². The molecule has 4 heteroatoms. The fraction of sp³-hybridized carbons (Fsp3) is 0.667. The van der Waals surface area contributed by atoms with Crippen LogP contribution < -0.4 is 0 Å². The Balaban J connectivity index is 2.79. The van der Waals surface area contributed by atoms with Gasteiger partial charge in [-0.15, -0.1) is 0 Å². The molecule has 1 atom stereocenters. The highest BCUT2D eigenvalue weighted by Gasteiger charge is 2.36. The molecule has 1 radical (unpaired) electrons. The maximum atomic E-state index is 12.4. The monoisotopic (exact) mass is 302 g/mol. The Morgan fingerprint density at radius 2 is 1.68 bits per heavy atom. The first kappa shape index (κ1) is 18.7. The molecule has 0 spiro atoms. The van der Waals surface area contributed by atoms with Crippen LogP contribution in [0.3, 0.4) is 0 Å². The molecular formula is C18H29BNO2. The lowest BCUT2D eigenvalue weighted by atomic mass is 9.44. The molecule has 0 aliphatic heterocycles. The van der Waals surface area contributed by atoms with Gasteiger partial charge in [0.05, 0.1) is 5.41 Å². The number of aromatic nitrogens is 1. The second-order valence-corrected chi connectivity index (χ2v) is 7.80.